The lowest BCUT2D eigenvalue weighted by atomic mass is 9.77. The van der Waals surface area contributed by atoms with Crippen LogP contribution in [0.25, 0.3) is 0 Å². The number of halogens is 2. The smallest absolute Gasteiger partial charge is 0.224 e. The second kappa shape index (κ2) is 8.54. The number of methoxy groups -OCH3 is 1. The van der Waals surface area contributed by atoms with Crippen molar-refractivity contribution in [3.8, 4) is 5.75 Å². The molecule has 0 atom stereocenters. The summed E-state index contributed by atoms with van der Waals surface area (Å²) in [5.74, 6) is 0.926. The fourth-order valence-corrected chi connectivity index (χ4v) is 3.78. The van der Waals surface area contributed by atoms with Crippen LogP contribution in [-0.2, 0) is 4.79 Å². The van der Waals surface area contributed by atoms with E-state index in [-0.39, 0.29) is 17.6 Å². The molecule has 1 amide bonds. The summed E-state index contributed by atoms with van der Waals surface area (Å²) in [6, 6.07) is 12.2. The largest absolute Gasteiger partial charge is 0.497 e. The molecule has 0 aliphatic heterocycles. The number of amides is 1. The average Bonchev–Trinajstić information content (AvgIpc) is 2.64. The van der Waals surface area contributed by atoms with Crippen LogP contribution in [0.2, 0.25) is 5.02 Å². The average molecular weight is 376 g/mol. The van der Waals surface area contributed by atoms with Crippen LogP contribution >= 0.6 is 11.6 Å². The highest BCUT2D eigenvalue weighted by atomic mass is 35.5. The number of carbonyl (C=O) groups excluding carboxylic acids is 1. The van der Waals surface area contributed by atoms with Gasteiger partial charge >= 0.3 is 0 Å². The number of hydrogen-bond donors (Lipinski definition) is 1. The van der Waals surface area contributed by atoms with Crippen molar-refractivity contribution in [3.05, 3.63) is 58.9 Å². The summed E-state index contributed by atoms with van der Waals surface area (Å²) in [6.45, 7) is 0. The van der Waals surface area contributed by atoms with E-state index in [2.05, 4.69) is 5.32 Å². The normalized spacial score (nSPS) is 19.8. The molecule has 1 aliphatic rings. The Kier molecular flexibility index (Phi) is 6.15. The first kappa shape index (κ1) is 18.7. The minimum absolute atomic E-state index is 0.0198. The molecule has 2 aromatic carbocycles. The molecule has 1 fully saturated rings. The number of benzene rings is 2. The number of hydrogen-bond acceptors (Lipinski definition) is 2. The molecule has 1 N–H and O–H groups in total. The third-order valence-electron chi connectivity index (χ3n) is 5.10. The van der Waals surface area contributed by atoms with Crippen molar-refractivity contribution in [2.75, 3.05) is 12.4 Å². The van der Waals surface area contributed by atoms with E-state index in [1.807, 2.05) is 12.1 Å². The van der Waals surface area contributed by atoms with Crippen molar-refractivity contribution in [3.63, 3.8) is 0 Å². The summed E-state index contributed by atoms with van der Waals surface area (Å²) in [5, 5.41) is 3.56. The first-order valence-corrected chi connectivity index (χ1v) is 9.32. The Hall–Kier alpha value is -2.07. The maximum Gasteiger partial charge on any atom is 0.224 e. The quantitative estimate of drug-likeness (QED) is 0.718. The molecule has 5 heteroatoms. The molecule has 0 spiro atoms. The predicted molar refractivity (Wildman–Crippen MR) is 102 cm³/mol. The predicted octanol–water partition coefficient (Wildman–Crippen LogP) is 5.79. The molecular formula is C21H23ClFNO2. The minimum atomic E-state index is -0.201. The van der Waals surface area contributed by atoms with E-state index in [9.17, 15) is 9.18 Å². The fraction of sp³-hybridized carbons (Fsp3) is 0.381. The second-order valence-corrected chi connectivity index (χ2v) is 7.30. The minimum Gasteiger partial charge on any atom is -0.497 e. The summed E-state index contributed by atoms with van der Waals surface area (Å²) in [6.07, 6.45) is 4.18. The van der Waals surface area contributed by atoms with Gasteiger partial charge in [0.05, 0.1) is 7.11 Å². The number of ether oxygens (including phenoxy) is 1. The van der Waals surface area contributed by atoms with Gasteiger partial charge in [0, 0.05) is 23.2 Å². The zero-order valence-corrected chi connectivity index (χ0v) is 15.6. The molecule has 0 unspecified atom stereocenters. The topological polar surface area (TPSA) is 38.3 Å². The van der Waals surface area contributed by atoms with Crippen molar-refractivity contribution in [1.29, 1.82) is 0 Å². The van der Waals surface area contributed by atoms with Crippen molar-refractivity contribution >= 4 is 23.2 Å². The van der Waals surface area contributed by atoms with Gasteiger partial charge in [0.15, 0.2) is 0 Å². The van der Waals surface area contributed by atoms with Gasteiger partial charge in [0.25, 0.3) is 0 Å². The zero-order chi connectivity index (χ0) is 18.5. The van der Waals surface area contributed by atoms with Crippen LogP contribution in [0.15, 0.2) is 42.5 Å². The Bertz CT molecular complexity index is 755. The van der Waals surface area contributed by atoms with Crippen LogP contribution < -0.4 is 10.1 Å². The first-order valence-electron chi connectivity index (χ1n) is 8.94. The number of nitrogens with one attached hydrogen (secondary N) is 1. The molecule has 138 valence electrons. The van der Waals surface area contributed by atoms with Crippen LogP contribution in [0.1, 0.15) is 43.6 Å². The lowest BCUT2D eigenvalue weighted by molar-refractivity contribution is -0.117. The molecule has 26 heavy (non-hydrogen) atoms. The molecule has 3 nitrogen and oxygen atoms in total. The van der Waals surface area contributed by atoms with E-state index in [1.165, 1.54) is 13.2 Å². The molecule has 2 aromatic rings. The van der Waals surface area contributed by atoms with Gasteiger partial charge in [0.1, 0.15) is 11.6 Å². The Morgan fingerprint density at radius 1 is 1.15 bits per heavy atom. The summed E-state index contributed by atoms with van der Waals surface area (Å²) >= 11 is 5.85. The molecule has 0 radical (unpaired) electrons. The first-order chi connectivity index (χ1) is 12.5. The lowest BCUT2D eigenvalue weighted by Crippen LogP contribution is -2.21. The maximum atomic E-state index is 14.2. The fourth-order valence-electron chi connectivity index (χ4n) is 3.65. The van der Waals surface area contributed by atoms with Crippen LogP contribution in [0.5, 0.6) is 5.75 Å². The van der Waals surface area contributed by atoms with Gasteiger partial charge in [-0.05, 0) is 73.4 Å². The Balaban J connectivity index is 1.50. The molecule has 0 heterocycles. The highest BCUT2D eigenvalue weighted by Crippen LogP contribution is 2.38. The Labute approximate surface area is 158 Å². The SMILES string of the molecule is COc1ccc(C2CCC(CC(=O)Nc3ccc(Cl)cc3)CC2)c(F)c1. The summed E-state index contributed by atoms with van der Waals surface area (Å²) in [7, 11) is 1.54. The Morgan fingerprint density at radius 2 is 1.85 bits per heavy atom. The van der Waals surface area contributed by atoms with Crippen LogP contribution in [0.3, 0.4) is 0 Å². The van der Waals surface area contributed by atoms with Crippen LogP contribution in [0, 0.1) is 11.7 Å². The third kappa shape index (κ3) is 4.76. The second-order valence-electron chi connectivity index (χ2n) is 6.86. The van der Waals surface area contributed by atoms with E-state index in [0.717, 1.165) is 36.9 Å². The van der Waals surface area contributed by atoms with Gasteiger partial charge in [-0.25, -0.2) is 4.39 Å². The van der Waals surface area contributed by atoms with Gasteiger partial charge in [-0.3, -0.25) is 4.79 Å². The zero-order valence-electron chi connectivity index (χ0n) is 14.8. The van der Waals surface area contributed by atoms with Gasteiger partial charge in [-0.15, -0.1) is 0 Å². The third-order valence-corrected chi connectivity index (χ3v) is 5.35. The Morgan fingerprint density at radius 3 is 2.46 bits per heavy atom. The van der Waals surface area contributed by atoms with Gasteiger partial charge < -0.3 is 10.1 Å². The van der Waals surface area contributed by atoms with E-state index in [0.29, 0.717) is 23.1 Å². The maximum absolute atomic E-state index is 14.2. The monoisotopic (exact) mass is 375 g/mol. The summed E-state index contributed by atoms with van der Waals surface area (Å²) < 4.78 is 19.3. The van der Waals surface area contributed by atoms with E-state index < -0.39 is 0 Å². The molecule has 3 rings (SSSR count). The standard InChI is InChI=1S/C21H23ClFNO2/c1-26-18-10-11-19(20(23)13-18)15-4-2-14(3-5-15)12-21(25)24-17-8-6-16(22)7-9-17/h6-11,13-15H,2-5,12H2,1H3,(H,24,25). The van der Waals surface area contributed by atoms with E-state index in [1.54, 1.807) is 24.3 Å². The van der Waals surface area contributed by atoms with E-state index in [4.69, 9.17) is 16.3 Å². The molecule has 1 saturated carbocycles. The number of anilines is 1. The van der Waals surface area contributed by atoms with Crippen molar-refractivity contribution in [2.45, 2.75) is 38.0 Å². The molecule has 1 aliphatic carbocycles. The van der Waals surface area contributed by atoms with Crippen molar-refractivity contribution in [1.82, 2.24) is 0 Å². The molecule has 0 aromatic heterocycles. The summed E-state index contributed by atoms with van der Waals surface area (Å²) in [5.41, 5.74) is 1.52. The van der Waals surface area contributed by atoms with Crippen LogP contribution in [0.4, 0.5) is 10.1 Å². The van der Waals surface area contributed by atoms with Gasteiger partial charge in [-0.2, -0.15) is 0 Å². The highest BCUT2D eigenvalue weighted by Gasteiger charge is 2.26. The summed E-state index contributed by atoms with van der Waals surface area (Å²) in [4.78, 5) is 12.2. The lowest BCUT2D eigenvalue weighted by Gasteiger charge is -2.28. The number of carbonyl (C=O) groups is 1. The van der Waals surface area contributed by atoms with Gasteiger partial charge in [-0.1, -0.05) is 17.7 Å². The number of rotatable bonds is 5. The molecule has 0 saturated heterocycles. The van der Waals surface area contributed by atoms with Crippen LogP contribution in [-0.4, -0.2) is 13.0 Å². The van der Waals surface area contributed by atoms with Crippen molar-refractivity contribution in [2.24, 2.45) is 5.92 Å². The van der Waals surface area contributed by atoms with Gasteiger partial charge in [0.2, 0.25) is 5.91 Å². The highest BCUT2D eigenvalue weighted by molar-refractivity contribution is 6.30. The molecule has 0 bridgehead atoms. The molecular weight excluding hydrogens is 353 g/mol. The van der Waals surface area contributed by atoms with Crippen molar-refractivity contribution < 1.29 is 13.9 Å². The van der Waals surface area contributed by atoms with E-state index >= 15 is 0 Å².